The van der Waals surface area contributed by atoms with Gasteiger partial charge < -0.3 is 28.8 Å². The smallest absolute Gasteiger partial charge is 0.282 e. The summed E-state index contributed by atoms with van der Waals surface area (Å²) in [5.74, 6) is 3.18. The predicted octanol–water partition coefficient (Wildman–Crippen LogP) is 2.52. The average Bonchev–Trinajstić information content (AvgIpc) is 2.76. The molecule has 0 radical (unpaired) electrons. The number of aromatic nitrogens is 2. The van der Waals surface area contributed by atoms with Crippen LogP contribution in [0.1, 0.15) is 11.1 Å². The normalized spacial score (nSPS) is 13.2. The Morgan fingerprint density at radius 2 is 1.52 bits per heavy atom. The van der Waals surface area contributed by atoms with Crippen LogP contribution in [0, 0.1) is 0 Å². The zero-order valence-corrected chi connectivity index (χ0v) is 16.9. The van der Waals surface area contributed by atoms with Crippen LogP contribution in [0.15, 0.2) is 29.1 Å². The number of aromatic amines is 1. The molecule has 2 aromatic carbocycles. The van der Waals surface area contributed by atoms with Crippen LogP contribution in [0.2, 0.25) is 0 Å². The molecule has 1 aliphatic heterocycles. The van der Waals surface area contributed by atoms with E-state index >= 15 is 0 Å². The lowest BCUT2D eigenvalue weighted by Crippen LogP contribution is -2.33. The molecule has 8 nitrogen and oxygen atoms in total. The molecule has 0 atom stereocenters. The largest absolute Gasteiger partial charge is 0.496 e. The minimum Gasteiger partial charge on any atom is -0.496 e. The molecule has 0 spiro atoms. The van der Waals surface area contributed by atoms with Gasteiger partial charge in [0.2, 0.25) is 5.95 Å². The molecule has 0 unspecified atom stereocenters. The predicted molar refractivity (Wildman–Crippen MR) is 110 cm³/mol. The van der Waals surface area contributed by atoms with Crippen LogP contribution in [-0.2, 0) is 13.0 Å². The van der Waals surface area contributed by atoms with Gasteiger partial charge in [0.25, 0.3) is 5.56 Å². The molecule has 0 saturated heterocycles. The first-order valence-electron chi connectivity index (χ1n) is 9.23. The van der Waals surface area contributed by atoms with E-state index in [-0.39, 0.29) is 5.56 Å². The van der Waals surface area contributed by atoms with E-state index in [0.717, 1.165) is 29.0 Å². The molecular formula is C21H23N3O5. The molecule has 3 aromatic rings. The molecule has 1 aliphatic rings. The maximum Gasteiger partial charge on any atom is 0.282 e. The molecule has 152 valence electrons. The topological polar surface area (TPSA) is 85.9 Å². The standard InChI is InChI=1S/C21H23N3O5/c1-26-16-5-6-17(27-2)14-11-24(8-7-12(14)16)21-22-15-10-19(29-4)18(28-3)9-13(15)20(25)23-21/h5-6,9-10H,7-8,11H2,1-4H3,(H,22,23,25). The van der Waals surface area contributed by atoms with Crippen LogP contribution >= 0.6 is 0 Å². The van der Waals surface area contributed by atoms with Gasteiger partial charge in [-0.1, -0.05) is 0 Å². The number of H-pyrrole nitrogens is 1. The minimum atomic E-state index is -0.321. The number of hydrogen-bond donors (Lipinski definition) is 1. The summed E-state index contributed by atoms with van der Waals surface area (Å²) in [7, 11) is 6.41. The van der Waals surface area contributed by atoms with Crippen molar-refractivity contribution >= 4 is 16.9 Å². The number of nitrogens with zero attached hydrogens (tertiary/aromatic N) is 2. The summed E-state index contributed by atoms with van der Waals surface area (Å²) in [5, 5.41) is 0.447. The third kappa shape index (κ3) is 3.20. The molecule has 1 aromatic heterocycles. The number of ether oxygens (including phenoxy) is 4. The van der Waals surface area contributed by atoms with Crippen molar-refractivity contribution in [2.45, 2.75) is 13.0 Å². The fraction of sp³-hybridized carbons (Fsp3) is 0.333. The lowest BCUT2D eigenvalue weighted by atomic mass is 9.97. The fourth-order valence-electron chi connectivity index (χ4n) is 3.79. The molecule has 29 heavy (non-hydrogen) atoms. The number of fused-ring (bicyclic) bond motifs is 2. The number of rotatable bonds is 5. The van der Waals surface area contributed by atoms with Gasteiger partial charge in [0.05, 0.1) is 39.3 Å². The maximum atomic E-state index is 12.7. The van der Waals surface area contributed by atoms with Crippen molar-refractivity contribution in [1.82, 2.24) is 9.97 Å². The highest BCUT2D eigenvalue weighted by Crippen LogP contribution is 2.36. The Balaban J connectivity index is 1.77. The van der Waals surface area contributed by atoms with Crippen LogP contribution in [0.5, 0.6) is 23.0 Å². The molecule has 0 amide bonds. The number of benzene rings is 2. The highest BCUT2D eigenvalue weighted by atomic mass is 16.5. The summed E-state index contributed by atoms with van der Waals surface area (Å²) in [6, 6.07) is 7.21. The Bertz CT molecular complexity index is 1130. The second-order valence-electron chi connectivity index (χ2n) is 6.72. The third-order valence-corrected chi connectivity index (χ3v) is 5.27. The van der Waals surface area contributed by atoms with Crippen molar-refractivity contribution in [3.8, 4) is 23.0 Å². The number of methoxy groups -OCH3 is 4. The zero-order valence-electron chi connectivity index (χ0n) is 16.9. The van der Waals surface area contributed by atoms with Crippen molar-refractivity contribution < 1.29 is 18.9 Å². The lowest BCUT2D eigenvalue weighted by molar-refractivity contribution is 0.355. The van der Waals surface area contributed by atoms with Crippen LogP contribution in [-0.4, -0.2) is 45.0 Å². The number of nitrogens with one attached hydrogen (secondary N) is 1. The van der Waals surface area contributed by atoms with Crippen LogP contribution in [0.25, 0.3) is 10.9 Å². The molecule has 4 rings (SSSR count). The Morgan fingerprint density at radius 1 is 0.897 bits per heavy atom. The first kappa shape index (κ1) is 18.9. The molecule has 0 bridgehead atoms. The molecule has 1 N–H and O–H groups in total. The summed E-state index contributed by atoms with van der Waals surface area (Å²) in [6.45, 7) is 1.25. The van der Waals surface area contributed by atoms with Gasteiger partial charge in [-0.3, -0.25) is 4.79 Å². The Labute approximate surface area is 168 Å². The van der Waals surface area contributed by atoms with Crippen molar-refractivity contribution in [3.05, 3.63) is 45.7 Å². The van der Waals surface area contributed by atoms with Crippen molar-refractivity contribution in [1.29, 1.82) is 0 Å². The minimum absolute atomic E-state index is 0.321. The molecule has 0 aliphatic carbocycles. The third-order valence-electron chi connectivity index (χ3n) is 5.27. The highest BCUT2D eigenvalue weighted by Gasteiger charge is 2.25. The van der Waals surface area contributed by atoms with Gasteiger partial charge in [0, 0.05) is 30.3 Å². The lowest BCUT2D eigenvalue weighted by Gasteiger charge is -2.31. The molecule has 0 fully saturated rings. The van der Waals surface area contributed by atoms with E-state index in [0.29, 0.717) is 41.4 Å². The van der Waals surface area contributed by atoms with Crippen LogP contribution in [0.4, 0.5) is 5.95 Å². The van der Waals surface area contributed by atoms with Crippen molar-refractivity contribution in [2.75, 3.05) is 39.9 Å². The molecule has 8 heteroatoms. The van der Waals surface area contributed by atoms with E-state index < -0.39 is 0 Å². The van der Waals surface area contributed by atoms with Crippen LogP contribution < -0.4 is 29.4 Å². The molecule has 0 saturated carbocycles. The number of anilines is 1. The van der Waals surface area contributed by atoms with Crippen molar-refractivity contribution in [2.24, 2.45) is 0 Å². The van der Waals surface area contributed by atoms with Gasteiger partial charge in [-0.15, -0.1) is 0 Å². The van der Waals surface area contributed by atoms with Crippen molar-refractivity contribution in [3.63, 3.8) is 0 Å². The van der Waals surface area contributed by atoms with E-state index in [1.165, 1.54) is 7.11 Å². The highest BCUT2D eigenvalue weighted by molar-refractivity contribution is 5.82. The van der Waals surface area contributed by atoms with E-state index in [1.54, 1.807) is 33.5 Å². The molecule has 2 heterocycles. The second kappa shape index (κ2) is 7.54. The van der Waals surface area contributed by atoms with Crippen LogP contribution in [0.3, 0.4) is 0 Å². The second-order valence-corrected chi connectivity index (χ2v) is 6.72. The summed E-state index contributed by atoms with van der Waals surface area (Å²) in [5.41, 5.74) is 2.48. The monoisotopic (exact) mass is 397 g/mol. The SMILES string of the molecule is COc1cc2[nH]c(N3CCc4c(OC)ccc(OC)c4C3)nc(=O)c2cc1OC. The summed E-state index contributed by atoms with van der Waals surface area (Å²) in [4.78, 5) is 22.3. The quantitative estimate of drug-likeness (QED) is 0.708. The summed E-state index contributed by atoms with van der Waals surface area (Å²) < 4.78 is 21.7. The van der Waals surface area contributed by atoms with Gasteiger partial charge in [-0.05, 0) is 24.6 Å². The first-order valence-corrected chi connectivity index (χ1v) is 9.23. The summed E-state index contributed by atoms with van der Waals surface area (Å²) in [6.07, 6.45) is 0.753. The maximum absolute atomic E-state index is 12.7. The fourth-order valence-corrected chi connectivity index (χ4v) is 3.79. The van der Waals surface area contributed by atoms with Gasteiger partial charge in [0.1, 0.15) is 11.5 Å². The first-order chi connectivity index (χ1) is 14.1. The average molecular weight is 397 g/mol. The summed E-state index contributed by atoms with van der Waals surface area (Å²) >= 11 is 0. The van der Waals surface area contributed by atoms with Gasteiger partial charge >= 0.3 is 0 Å². The Morgan fingerprint density at radius 3 is 2.17 bits per heavy atom. The zero-order chi connectivity index (χ0) is 20.5. The van der Waals surface area contributed by atoms with E-state index in [1.807, 2.05) is 17.0 Å². The number of hydrogen-bond acceptors (Lipinski definition) is 7. The molecular weight excluding hydrogens is 374 g/mol. The Kier molecular flexibility index (Phi) is 4.92. The van der Waals surface area contributed by atoms with Gasteiger partial charge in [-0.2, -0.15) is 4.98 Å². The Hall–Kier alpha value is -3.42. The van der Waals surface area contributed by atoms with E-state index in [4.69, 9.17) is 18.9 Å². The van der Waals surface area contributed by atoms with Gasteiger partial charge in [0.15, 0.2) is 11.5 Å². The van der Waals surface area contributed by atoms with E-state index in [2.05, 4.69) is 9.97 Å². The van der Waals surface area contributed by atoms with E-state index in [9.17, 15) is 4.79 Å². The van der Waals surface area contributed by atoms with Gasteiger partial charge in [-0.25, -0.2) is 0 Å².